The molecule has 1 aliphatic carbocycles. The van der Waals surface area contributed by atoms with Gasteiger partial charge in [0, 0.05) is 18.0 Å². The third-order valence-corrected chi connectivity index (χ3v) is 9.00. The summed E-state index contributed by atoms with van der Waals surface area (Å²) >= 11 is 1.48. The lowest BCUT2D eigenvalue weighted by atomic mass is 10.1. The number of nitriles is 1. The summed E-state index contributed by atoms with van der Waals surface area (Å²) in [5.74, 6) is 0.0361. The molecule has 1 aromatic heterocycles. The van der Waals surface area contributed by atoms with Crippen molar-refractivity contribution in [3.63, 3.8) is 0 Å². The van der Waals surface area contributed by atoms with Gasteiger partial charge in [-0.15, -0.1) is 11.3 Å². The molecule has 33 heavy (non-hydrogen) atoms. The number of carbonyl (C=O) groups is 1. The Kier molecular flexibility index (Phi) is 7.34. The third-order valence-electron chi connectivity index (χ3n) is 5.88. The second-order valence-electron chi connectivity index (χ2n) is 8.12. The van der Waals surface area contributed by atoms with Crippen molar-refractivity contribution >= 4 is 32.3 Å². The van der Waals surface area contributed by atoms with E-state index in [9.17, 15) is 18.5 Å². The molecule has 1 N–H and O–H groups in total. The van der Waals surface area contributed by atoms with Crippen molar-refractivity contribution in [2.75, 3.05) is 31.6 Å². The number of sulfonamides is 1. The van der Waals surface area contributed by atoms with Crippen LogP contribution >= 0.6 is 11.3 Å². The average molecular weight is 490 g/mol. The molecule has 10 heteroatoms. The smallest absolute Gasteiger partial charge is 0.265 e. The zero-order valence-corrected chi connectivity index (χ0v) is 20.1. The van der Waals surface area contributed by atoms with E-state index in [0.29, 0.717) is 42.6 Å². The van der Waals surface area contributed by atoms with E-state index in [1.807, 2.05) is 0 Å². The highest BCUT2D eigenvalue weighted by molar-refractivity contribution is 7.89. The van der Waals surface area contributed by atoms with Gasteiger partial charge in [0.1, 0.15) is 16.8 Å². The van der Waals surface area contributed by atoms with Gasteiger partial charge in [-0.3, -0.25) is 4.79 Å². The highest BCUT2D eigenvalue weighted by Crippen LogP contribution is 2.37. The molecule has 1 fully saturated rings. The maximum Gasteiger partial charge on any atom is 0.265 e. The zero-order chi connectivity index (χ0) is 23.4. The van der Waals surface area contributed by atoms with Crippen molar-refractivity contribution in [2.45, 2.75) is 50.0 Å². The van der Waals surface area contributed by atoms with E-state index in [1.54, 1.807) is 19.1 Å². The molecule has 1 amide bonds. The summed E-state index contributed by atoms with van der Waals surface area (Å²) in [5, 5.41) is 13.1. The summed E-state index contributed by atoms with van der Waals surface area (Å²) in [6.45, 7) is 3.04. The van der Waals surface area contributed by atoms with E-state index in [-0.39, 0.29) is 10.8 Å². The van der Waals surface area contributed by atoms with Crippen molar-refractivity contribution in [3.05, 3.63) is 40.3 Å². The summed E-state index contributed by atoms with van der Waals surface area (Å²) in [7, 11) is -3.59. The fourth-order valence-corrected chi connectivity index (χ4v) is 6.70. The van der Waals surface area contributed by atoms with Crippen LogP contribution in [0.3, 0.4) is 0 Å². The number of rotatable bonds is 6. The minimum absolute atomic E-state index is 0.174. The fraction of sp³-hybridized carbons (Fsp3) is 0.478. The molecule has 2 heterocycles. The Morgan fingerprint density at radius 2 is 1.88 bits per heavy atom. The van der Waals surface area contributed by atoms with Crippen molar-refractivity contribution in [3.8, 4) is 11.8 Å². The number of thiophene rings is 1. The first-order valence-electron chi connectivity index (χ1n) is 11.1. The Balaban J connectivity index is 1.41. The van der Waals surface area contributed by atoms with Gasteiger partial charge in [-0.1, -0.05) is 6.42 Å². The largest absolute Gasteiger partial charge is 0.481 e. The van der Waals surface area contributed by atoms with Gasteiger partial charge in [0.25, 0.3) is 5.91 Å². The number of nitrogens with zero attached hydrogens (tertiary/aromatic N) is 2. The van der Waals surface area contributed by atoms with Crippen molar-refractivity contribution in [1.82, 2.24) is 4.31 Å². The van der Waals surface area contributed by atoms with Crippen molar-refractivity contribution in [2.24, 2.45) is 0 Å². The number of ether oxygens (including phenoxy) is 2. The van der Waals surface area contributed by atoms with Crippen LogP contribution in [-0.4, -0.2) is 51.0 Å². The quantitative estimate of drug-likeness (QED) is 0.624. The second kappa shape index (κ2) is 10.2. The zero-order valence-electron chi connectivity index (χ0n) is 18.5. The number of hydrogen-bond donors (Lipinski definition) is 1. The van der Waals surface area contributed by atoms with Gasteiger partial charge in [0.15, 0.2) is 6.10 Å². The molecule has 0 radical (unpaired) electrons. The predicted octanol–water partition coefficient (Wildman–Crippen LogP) is 3.32. The number of hydrogen-bond acceptors (Lipinski definition) is 7. The van der Waals surface area contributed by atoms with Gasteiger partial charge >= 0.3 is 0 Å². The summed E-state index contributed by atoms with van der Waals surface area (Å²) in [6, 6.07) is 8.31. The normalized spacial score (nSPS) is 17.9. The topological polar surface area (TPSA) is 109 Å². The van der Waals surface area contributed by atoms with Crippen LogP contribution in [0.15, 0.2) is 29.2 Å². The molecule has 1 atom stereocenters. The molecule has 0 unspecified atom stereocenters. The van der Waals surface area contributed by atoms with Crippen LogP contribution in [-0.2, 0) is 32.4 Å². The molecule has 2 aliphatic rings. The second-order valence-corrected chi connectivity index (χ2v) is 11.2. The number of aryl methyl sites for hydroxylation is 1. The van der Waals surface area contributed by atoms with Crippen LogP contribution < -0.4 is 10.1 Å². The molecule has 1 aromatic carbocycles. The predicted molar refractivity (Wildman–Crippen MR) is 125 cm³/mol. The minimum atomic E-state index is -3.59. The Morgan fingerprint density at radius 1 is 1.18 bits per heavy atom. The number of benzene rings is 1. The lowest BCUT2D eigenvalue weighted by molar-refractivity contribution is -0.122. The first-order chi connectivity index (χ1) is 15.9. The number of nitrogens with one attached hydrogen (secondary N) is 1. The van der Waals surface area contributed by atoms with E-state index >= 15 is 0 Å². The first-order valence-corrected chi connectivity index (χ1v) is 13.4. The SMILES string of the molecule is C[C@@H](Oc1ccc(S(=O)(=O)N2CCOCC2)cc1)C(=O)Nc1sc2c(c1C#N)CCCCC2. The number of carbonyl (C=O) groups excluding carboxylic acids is 1. The Morgan fingerprint density at radius 3 is 2.58 bits per heavy atom. The molecular formula is C23H27N3O5S2. The van der Waals surface area contributed by atoms with Crippen molar-refractivity contribution < 1.29 is 22.7 Å². The molecule has 176 valence electrons. The maximum absolute atomic E-state index is 12.7. The van der Waals surface area contributed by atoms with Gasteiger partial charge in [-0.05, 0) is 62.4 Å². The Hall–Kier alpha value is -2.45. The molecule has 0 spiro atoms. The highest BCUT2D eigenvalue weighted by atomic mass is 32.2. The summed E-state index contributed by atoms with van der Waals surface area (Å²) < 4.78 is 37.8. The van der Waals surface area contributed by atoms with Crippen LogP contribution in [0, 0.1) is 11.3 Å². The fourth-order valence-electron chi connectivity index (χ4n) is 4.05. The van der Waals surface area contributed by atoms with E-state index in [2.05, 4.69) is 11.4 Å². The number of morpholine rings is 1. The van der Waals surface area contributed by atoms with Gasteiger partial charge in [-0.25, -0.2) is 8.42 Å². The average Bonchev–Trinajstić information content (AvgIpc) is 2.98. The number of fused-ring (bicyclic) bond motifs is 1. The van der Waals surface area contributed by atoms with E-state index in [4.69, 9.17) is 9.47 Å². The summed E-state index contributed by atoms with van der Waals surface area (Å²) in [6.07, 6.45) is 4.31. The Labute approximate surface area is 198 Å². The maximum atomic E-state index is 12.7. The van der Waals surface area contributed by atoms with Crippen molar-refractivity contribution in [1.29, 1.82) is 5.26 Å². The summed E-state index contributed by atoms with van der Waals surface area (Å²) in [5.41, 5.74) is 1.64. The number of amides is 1. The lowest BCUT2D eigenvalue weighted by Crippen LogP contribution is -2.40. The Bertz CT molecular complexity index is 1150. The molecule has 1 saturated heterocycles. The molecule has 0 bridgehead atoms. The van der Waals surface area contributed by atoms with Crippen LogP contribution in [0.2, 0.25) is 0 Å². The van der Waals surface area contributed by atoms with Crippen LogP contribution in [0.4, 0.5) is 5.00 Å². The molecular weight excluding hydrogens is 462 g/mol. The van der Waals surface area contributed by atoms with Gasteiger partial charge in [0.2, 0.25) is 10.0 Å². The third kappa shape index (κ3) is 5.22. The molecule has 0 saturated carbocycles. The lowest BCUT2D eigenvalue weighted by Gasteiger charge is -2.26. The standard InChI is InChI=1S/C23H27N3O5S2/c1-16(22(27)25-23-20(15-24)19-5-3-2-4-6-21(19)32-23)31-17-7-9-18(10-8-17)33(28,29)26-11-13-30-14-12-26/h7-10,16H,2-6,11-14H2,1H3,(H,25,27)/t16-/m1/s1. The number of anilines is 1. The van der Waals surface area contributed by atoms with E-state index in [1.165, 1.54) is 32.7 Å². The highest BCUT2D eigenvalue weighted by Gasteiger charge is 2.27. The molecule has 1 aliphatic heterocycles. The molecule has 2 aromatic rings. The molecule has 4 rings (SSSR count). The van der Waals surface area contributed by atoms with Crippen LogP contribution in [0.5, 0.6) is 5.75 Å². The minimum Gasteiger partial charge on any atom is -0.481 e. The van der Waals surface area contributed by atoms with Gasteiger partial charge in [0.05, 0.1) is 23.7 Å². The first kappa shape index (κ1) is 23.7. The van der Waals surface area contributed by atoms with Gasteiger partial charge in [-0.2, -0.15) is 9.57 Å². The van der Waals surface area contributed by atoms with E-state index in [0.717, 1.165) is 37.7 Å². The monoisotopic (exact) mass is 489 g/mol. The summed E-state index contributed by atoms with van der Waals surface area (Å²) in [4.78, 5) is 14.1. The molecule has 8 nitrogen and oxygen atoms in total. The van der Waals surface area contributed by atoms with Crippen LogP contribution in [0.1, 0.15) is 42.2 Å². The van der Waals surface area contributed by atoms with E-state index < -0.39 is 16.1 Å². The van der Waals surface area contributed by atoms with Gasteiger partial charge < -0.3 is 14.8 Å². The van der Waals surface area contributed by atoms with Crippen LogP contribution in [0.25, 0.3) is 0 Å².